The van der Waals surface area contributed by atoms with Crippen LogP contribution in [0.5, 0.6) is 0 Å². The van der Waals surface area contributed by atoms with E-state index in [0.29, 0.717) is 11.8 Å². The van der Waals surface area contributed by atoms with E-state index in [-0.39, 0.29) is 0 Å². The van der Waals surface area contributed by atoms with Crippen molar-refractivity contribution in [3.05, 3.63) is 23.9 Å². The minimum absolute atomic E-state index is 0.543. The first kappa shape index (κ1) is 11.7. The lowest BCUT2D eigenvalue weighted by molar-refractivity contribution is 0.602. The molecule has 3 heteroatoms. The molecule has 0 atom stereocenters. The van der Waals surface area contributed by atoms with Gasteiger partial charge in [-0.1, -0.05) is 19.9 Å². The summed E-state index contributed by atoms with van der Waals surface area (Å²) in [5, 5.41) is 0. The van der Waals surface area contributed by atoms with E-state index >= 15 is 0 Å². The Kier molecular flexibility index (Phi) is 3.70. The summed E-state index contributed by atoms with van der Waals surface area (Å²) < 4.78 is 0. The van der Waals surface area contributed by atoms with Gasteiger partial charge in [0.15, 0.2) is 0 Å². The highest BCUT2D eigenvalue weighted by Gasteiger charge is 2.30. The zero-order valence-corrected chi connectivity index (χ0v) is 10.7. The molecule has 0 amide bonds. The topological polar surface area (TPSA) is 16.1 Å². The summed E-state index contributed by atoms with van der Waals surface area (Å²) in [6, 6.07) is 4.89. The summed E-state index contributed by atoms with van der Waals surface area (Å²) >= 11 is 5.76. The van der Waals surface area contributed by atoms with E-state index in [0.717, 1.165) is 24.0 Å². The number of rotatable bonds is 5. The maximum Gasteiger partial charge on any atom is 0.128 e. The SMILES string of the molecule is CC(C)CN(c1ccc(CCl)cn1)C1CC1. The average Bonchev–Trinajstić information content (AvgIpc) is 3.10. The molecule has 0 aromatic carbocycles. The lowest BCUT2D eigenvalue weighted by Gasteiger charge is -2.25. The smallest absolute Gasteiger partial charge is 0.128 e. The molecule has 1 aliphatic rings. The van der Waals surface area contributed by atoms with E-state index < -0.39 is 0 Å². The summed E-state index contributed by atoms with van der Waals surface area (Å²) in [7, 11) is 0. The normalized spacial score (nSPS) is 15.5. The highest BCUT2D eigenvalue weighted by Crippen LogP contribution is 2.31. The molecule has 1 saturated carbocycles. The lowest BCUT2D eigenvalue weighted by atomic mass is 10.2. The quantitative estimate of drug-likeness (QED) is 0.731. The number of alkyl halides is 1. The Labute approximate surface area is 103 Å². The van der Waals surface area contributed by atoms with Gasteiger partial charge in [-0.25, -0.2) is 4.98 Å². The van der Waals surface area contributed by atoms with Crippen molar-refractivity contribution in [1.29, 1.82) is 0 Å². The van der Waals surface area contributed by atoms with Crippen LogP contribution in [0.3, 0.4) is 0 Å². The summed E-state index contributed by atoms with van der Waals surface area (Å²) in [5.74, 6) is 2.32. The van der Waals surface area contributed by atoms with Crippen LogP contribution in [0, 0.1) is 5.92 Å². The van der Waals surface area contributed by atoms with Gasteiger partial charge in [0, 0.05) is 24.7 Å². The van der Waals surface area contributed by atoms with Crippen LogP contribution in [0.1, 0.15) is 32.3 Å². The summed E-state index contributed by atoms with van der Waals surface area (Å²) in [4.78, 5) is 6.94. The Hall–Kier alpha value is -0.760. The monoisotopic (exact) mass is 238 g/mol. The minimum Gasteiger partial charge on any atom is -0.353 e. The molecule has 1 aromatic heterocycles. The van der Waals surface area contributed by atoms with Crippen LogP contribution in [-0.4, -0.2) is 17.6 Å². The Balaban J connectivity index is 2.11. The molecule has 0 N–H and O–H groups in total. The van der Waals surface area contributed by atoms with Gasteiger partial charge in [-0.3, -0.25) is 0 Å². The van der Waals surface area contributed by atoms with Crippen LogP contribution < -0.4 is 4.90 Å². The van der Waals surface area contributed by atoms with Crippen LogP contribution in [0.25, 0.3) is 0 Å². The summed E-state index contributed by atoms with van der Waals surface area (Å²) in [5.41, 5.74) is 1.09. The largest absolute Gasteiger partial charge is 0.353 e. The molecule has 0 unspecified atom stereocenters. The number of hydrogen-bond acceptors (Lipinski definition) is 2. The third kappa shape index (κ3) is 2.88. The van der Waals surface area contributed by atoms with E-state index in [1.165, 1.54) is 12.8 Å². The molecule has 1 aliphatic carbocycles. The molecule has 2 nitrogen and oxygen atoms in total. The third-order valence-electron chi connectivity index (χ3n) is 2.81. The van der Waals surface area contributed by atoms with Crippen LogP contribution in [-0.2, 0) is 5.88 Å². The van der Waals surface area contributed by atoms with Crippen LogP contribution in [0.15, 0.2) is 18.3 Å². The molecule has 1 heterocycles. The zero-order valence-electron chi connectivity index (χ0n) is 9.99. The van der Waals surface area contributed by atoms with E-state index in [4.69, 9.17) is 11.6 Å². The molecule has 0 spiro atoms. The van der Waals surface area contributed by atoms with Gasteiger partial charge < -0.3 is 4.90 Å². The molecule has 0 saturated heterocycles. The van der Waals surface area contributed by atoms with Crippen molar-refractivity contribution in [3.8, 4) is 0 Å². The van der Waals surface area contributed by atoms with Crippen molar-refractivity contribution in [2.75, 3.05) is 11.4 Å². The maximum atomic E-state index is 5.76. The molecule has 1 fully saturated rings. The van der Waals surface area contributed by atoms with Gasteiger partial charge >= 0.3 is 0 Å². The van der Waals surface area contributed by atoms with E-state index in [2.05, 4.69) is 35.9 Å². The first-order valence-electron chi connectivity index (χ1n) is 5.98. The number of aromatic nitrogens is 1. The van der Waals surface area contributed by atoms with Gasteiger partial charge in [0.1, 0.15) is 5.82 Å². The summed E-state index contributed by atoms with van der Waals surface area (Å²) in [6.45, 7) is 5.60. The fraction of sp³-hybridized carbons (Fsp3) is 0.615. The first-order valence-corrected chi connectivity index (χ1v) is 6.51. The predicted molar refractivity (Wildman–Crippen MR) is 69.0 cm³/mol. The molecule has 0 aliphatic heterocycles. The number of nitrogens with zero attached hydrogens (tertiary/aromatic N) is 2. The average molecular weight is 239 g/mol. The van der Waals surface area contributed by atoms with Crippen molar-refractivity contribution >= 4 is 17.4 Å². The number of halogens is 1. The molecule has 0 radical (unpaired) electrons. The van der Waals surface area contributed by atoms with Gasteiger partial charge in [-0.2, -0.15) is 0 Å². The molecular formula is C13H19ClN2. The second-order valence-electron chi connectivity index (χ2n) is 4.94. The zero-order chi connectivity index (χ0) is 11.5. The molecule has 1 aromatic rings. The van der Waals surface area contributed by atoms with Gasteiger partial charge in [0.2, 0.25) is 0 Å². The number of hydrogen-bond donors (Lipinski definition) is 0. The number of pyridine rings is 1. The molecule has 88 valence electrons. The Bertz CT molecular complexity index is 330. The van der Waals surface area contributed by atoms with Crippen molar-refractivity contribution in [3.63, 3.8) is 0 Å². The number of anilines is 1. The molecule has 2 rings (SSSR count). The Morgan fingerprint density at radius 2 is 2.19 bits per heavy atom. The fourth-order valence-electron chi connectivity index (χ4n) is 1.87. The van der Waals surface area contributed by atoms with Gasteiger partial charge in [0.05, 0.1) is 0 Å². The minimum atomic E-state index is 0.543. The van der Waals surface area contributed by atoms with E-state index in [1.54, 1.807) is 0 Å². The standard InChI is InChI=1S/C13H19ClN2/c1-10(2)9-16(12-4-5-12)13-6-3-11(7-14)8-15-13/h3,6,8,10,12H,4-5,7,9H2,1-2H3. The second kappa shape index (κ2) is 5.05. The lowest BCUT2D eigenvalue weighted by Crippen LogP contribution is -2.30. The third-order valence-corrected chi connectivity index (χ3v) is 3.12. The van der Waals surface area contributed by atoms with E-state index in [1.807, 2.05) is 6.20 Å². The Morgan fingerprint density at radius 3 is 2.62 bits per heavy atom. The van der Waals surface area contributed by atoms with Crippen LogP contribution >= 0.6 is 11.6 Å². The molecular weight excluding hydrogens is 220 g/mol. The van der Waals surface area contributed by atoms with Crippen LogP contribution in [0.4, 0.5) is 5.82 Å². The first-order chi connectivity index (χ1) is 7.70. The van der Waals surface area contributed by atoms with Crippen LogP contribution in [0.2, 0.25) is 0 Å². The summed E-state index contributed by atoms with van der Waals surface area (Å²) in [6.07, 6.45) is 4.51. The molecule has 16 heavy (non-hydrogen) atoms. The van der Waals surface area contributed by atoms with Crippen molar-refractivity contribution in [1.82, 2.24) is 4.98 Å². The fourth-order valence-corrected chi connectivity index (χ4v) is 2.03. The predicted octanol–water partition coefficient (Wildman–Crippen LogP) is 3.45. The van der Waals surface area contributed by atoms with E-state index in [9.17, 15) is 0 Å². The molecule has 0 bridgehead atoms. The van der Waals surface area contributed by atoms with Crippen molar-refractivity contribution in [2.45, 2.75) is 38.6 Å². The van der Waals surface area contributed by atoms with Gasteiger partial charge in [-0.05, 0) is 30.4 Å². The van der Waals surface area contributed by atoms with Gasteiger partial charge in [-0.15, -0.1) is 11.6 Å². The maximum absolute atomic E-state index is 5.76. The van der Waals surface area contributed by atoms with Gasteiger partial charge in [0.25, 0.3) is 0 Å². The van der Waals surface area contributed by atoms with Crippen molar-refractivity contribution in [2.24, 2.45) is 5.92 Å². The highest BCUT2D eigenvalue weighted by atomic mass is 35.5. The second-order valence-corrected chi connectivity index (χ2v) is 5.20. The van der Waals surface area contributed by atoms with Crippen molar-refractivity contribution < 1.29 is 0 Å². The highest BCUT2D eigenvalue weighted by molar-refractivity contribution is 6.17. The Morgan fingerprint density at radius 1 is 1.44 bits per heavy atom.